The average Bonchev–Trinajstić information content (AvgIpc) is 2.97. The van der Waals surface area contributed by atoms with E-state index < -0.39 is 17.8 Å². The second-order valence-electron chi connectivity index (χ2n) is 10.7. The Morgan fingerprint density at radius 3 is 2.21 bits per heavy atom. The van der Waals surface area contributed by atoms with Gasteiger partial charge in [0.25, 0.3) is 5.56 Å². The van der Waals surface area contributed by atoms with Crippen LogP contribution in [0.15, 0.2) is 71.5 Å². The number of anilines is 1. The van der Waals surface area contributed by atoms with Gasteiger partial charge in [-0.2, -0.15) is 13.2 Å². The molecule has 0 spiro atoms. The Balaban J connectivity index is 0.000000208. The molecule has 1 amide bonds. The largest absolute Gasteiger partial charge is 0.418 e. The normalized spacial score (nSPS) is 14.7. The van der Waals surface area contributed by atoms with E-state index in [-0.39, 0.29) is 17.3 Å². The van der Waals surface area contributed by atoms with Crippen molar-refractivity contribution in [3.05, 3.63) is 99.9 Å². The number of para-hydroxylation sites is 1. The van der Waals surface area contributed by atoms with Crippen LogP contribution in [0.5, 0.6) is 0 Å². The highest BCUT2D eigenvalue weighted by molar-refractivity contribution is 5.78. The van der Waals surface area contributed by atoms with E-state index in [1.807, 2.05) is 11.9 Å². The average molecular weight is 598 g/mol. The van der Waals surface area contributed by atoms with Gasteiger partial charge in [-0.25, -0.2) is 9.37 Å². The number of fused-ring (bicyclic) bond motifs is 1. The van der Waals surface area contributed by atoms with Gasteiger partial charge in [-0.1, -0.05) is 23.8 Å². The number of hydrogen-bond donors (Lipinski definition) is 0. The molecule has 1 aliphatic rings. The van der Waals surface area contributed by atoms with Crippen molar-refractivity contribution >= 4 is 22.5 Å². The fraction of sp³-hybridized carbons (Fsp3) is 0.344. The summed E-state index contributed by atoms with van der Waals surface area (Å²) in [6.45, 7) is 7.82. The Labute approximate surface area is 248 Å². The molecule has 1 saturated heterocycles. The summed E-state index contributed by atoms with van der Waals surface area (Å²) in [7, 11) is 3.64. The van der Waals surface area contributed by atoms with Gasteiger partial charge in [0, 0.05) is 45.8 Å². The van der Waals surface area contributed by atoms with Crippen molar-refractivity contribution < 1.29 is 22.4 Å². The number of rotatable bonds is 4. The zero-order chi connectivity index (χ0) is 31.5. The Morgan fingerprint density at radius 1 is 0.977 bits per heavy atom. The van der Waals surface area contributed by atoms with Gasteiger partial charge in [0.05, 0.1) is 28.2 Å². The maximum absolute atomic E-state index is 13.3. The Morgan fingerprint density at radius 2 is 1.60 bits per heavy atom. The molecule has 4 aromatic rings. The fourth-order valence-corrected chi connectivity index (χ4v) is 4.92. The maximum Gasteiger partial charge on any atom is 0.418 e. The van der Waals surface area contributed by atoms with Crippen molar-refractivity contribution in [3.63, 3.8) is 0 Å². The zero-order valence-electron chi connectivity index (χ0n) is 24.8. The van der Waals surface area contributed by atoms with Crippen molar-refractivity contribution in [2.24, 2.45) is 0 Å². The van der Waals surface area contributed by atoms with Crippen LogP contribution < -0.4 is 10.5 Å². The lowest BCUT2D eigenvalue weighted by atomic mass is 10.1. The lowest BCUT2D eigenvalue weighted by Gasteiger charge is -2.35. The van der Waals surface area contributed by atoms with Gasteiger partial charge in [0.15, 0.2) is 0 Å². The number of aromatic nitrogens is 2. The van der Waals surface area contributed by atoms with Crippen LogP contribution in [0.3, 0.4) is 0 Å². The van der Waals surface area contributed by atoms with E-state index in [4.69, 9.17) is 0 Å². The first kappa shape index (κ1) is 31.7. The van der Waals surface area contributed by atoms with Crippen LogP contribution >= 0.6 is 0 Å². The molecule has 0 saturated carbocycles. The molecule has 3 aromatic carbocycles. The Bertz CT molecular complexity index is 1640. The first-order valence-corrected chi connectivity index (χ1v) is 13.9. The summed E-state index contributed by atoms with van der Waals surface area (Å²) in [4.78, 5) is 34.9. The molecule has 0 bridgehead atoms. The van der Waals surface area contributed by atoms with Crippen LogP contribution in [-0.2, 0) is 11.0 Å². The van der Waals surface area contributed by atoms with Crippen LogP contribution in [0, 0.1) is 12.7 Å². The summed E-state index contributed by atoms with van der Waals surface area (Å²) < 4.78 is 53.8. The van der Waals surface area contributed by atoms with Gasteiger partial charge < -0.3 is 14.7 Å². The van der Waals surface area contributed by atoms with Gasteiger partial charge in [-0.3, -0.25) is 14.2 Å². The van der Waals surface area contributed by atoms with Crippen molar-refractivity contribution in [1.82, 2.24) is 19.4 Å². The Hall–Kier alpha value is -4.25. The smallest absolute Gasteiger partial charge is 0.368 e. The molecule has 1 fully saturated rings. The number of hydrogen-bond acceptors (Lipinski definition) is 5. The number of amides is 1. The van der Waals surface area contributed by atoms with Crippen molar-refractivity contribution in [1.29, 1.82) is 0 Å². The van der Waals surface area contributed by atoms with Crippen LogP contribution in [-0.4, -0.2) is 65.5 Å². The lowest BCUT2D eigenvalue weighted by Crippen LogP contribution is -2.45. The second-order valence-corrected chi connectivity index (χ2v) is 10.7. The molecule has 0 radical (unpaired) electrons. The number of likely N-dealkylation sites (N-methyl/N-ethyl adjacent to an activating group) is 1. The summed E-state index contributed by atoms with van der Waals surface area (Å²) in [6.07, 6.45) is -4.29. The van der Waals surface area contributed by atoms with Crippen LogP contribution in [0.1, 0.15) is 36.8 Å². The minimum atomic E-state index is -4.29. The first-order chi connectivity index (χ1) is 20.3. The number of halogens is 4. The molecule has 228 valence electrons. The summed E-state index contributed by atoms with van der Waals surface area (Å²) in [5.74, 6) is -0.102. The number of carbonyl (C=O) groups is 1. The molecule has 7 nitrogen and oxygen atoms in total. The summed E-state index contributed by atoms with van der Waals surface area (Å²) >= 11 is 0. The topological polar surface area (TPSA) is 61.7 Å². The monoisotopic (exact) mass is 597 g/mol. The lowest BCUT2D eigenvalue weighted by molar-refractivity contribution is -0.137. The predicted octanol–water partition coefficient (Wildman–Crippen LogP) is 5.83. The molecule has 2 heterocycles. The van der Waals surface area contributed by atoms with Crippen molar-refractivity contribution in [2.75, 3.05) is 45.2 Å². The minimum absolute atomic E-state index is 0.138. The summed E-state index contributed by atoms with van der Waals surface area (Å²) in [5.41, 5.74) is 1.23. The van der Waals surface area contributed by atoms with Crippen LogP contribution in [0.2, 0.25) is 0 Å². The quantitative estimate of drug-likeness (QED) is 0.277. The molecular formula is C32H35F4N5O2. The van der Waals surface area contributed by atoms with E-state index in [1.54, 1.807) is 57.3 Å². The molecule has 43 heavy (non-hydrogen) atoms. The molecule has 1 unspecified atom stereocenters. The van der Waals surface area contributed by atoms with Gasteiger partial charge in [-0.05, 0) is 69.4 Å². The molecule has 1 aliphatic heterocycles. The zero-order valence-corrected chi connectivity index (χ0v) is 24.8. The fourth-order valence-electron chi connectivity index (χ4n) is 4.92. The molecular weight excluding hydrogens is 562 g/mol. The number of carbonyl (C=O) groups excluding carboxylic acids is 1. The second kappa shape index (κ2) is 12.9. The van der Waals surface area contributed by atoms with E-state index in [9.17, 15) is 27.2 Å². The molecule has 11 heteroatoms. The standard InChI is InChI=1S/C19H18FN3O2.C13H17F3N2/c1-12(22(3)13(2)24)18-21-17-7-5-4-6-16(17)19(25)23(18)15-10-8-14(20)9-11-15;1-10-3-4-12(11(9-10)13(14,15)16)18-7-5-17(2)6-8-18/h4-12H,1-3H3;3-4,9H,5-8H2,1-2H3. The number of aryl methyl sites for hydroxylation is 1. The highest BCUT2D eigenvalue weighted by Gasteiger charge is 2.35. The van der Waals surface area contributed by atoms with E-state index in [0.29, 0.717) is 46.8 Å². The summed E-state index contributed by atoms with van der Waals surface area (Å²) in [5, 5.41) is 0.466. The molecule has 1 aromatic heterocycles. The van der Waals surface area contributed by atoms with E-state index in [1.165, 1.54) is 46.7 Å². The Kier molecular flexibility index (Phi) is 9.54. The maximum atomic E-state index is 13.3. The van der Waals surface area contributed by atoms with Gasteiger partial charge in [-0.15, -0.1) is 0 Å². The molecule has 0 N–H and O–H groups in total. The third-order valence-corrected chi connectivity index (χ3v) is 7.64. The van der Waals surface area contributed by atoms with E-state index in [2.05, 4.69) is 9.88 Å². The molecule has 5 rings (SSSR count). The predicted molar refractivity (Wildman–Crippen MR) is 160 cm³/mol. The van der Waals surface area contributed by atoms with E-state index in [0.717, 1.165) is 13.1 Å². The minimum Gasteiger partial charge on any atom is -0.368 e. The third-order valence-electron chi connectivity index (χ3n) is 7.64. The first-order valence-electron chi connectivity index (χ1n) is 13.9. The SMILES string of the molecule is CC(=O)N(C)C(C)c1nc2ccccc2c(=O)n1-c1ccc(F)cc1.Cc1ccc(N2CCN(C)CC2)c(C(F)(F)F)c1. The van der Waals surface area contributed by atoms with Gasteiger partial charge >= 0.3 is 6.18 Å². The number of piperazine rings is 1. The highest BCUT2D eigenvalue weighted by atomic mass is 19.4. The van der Waals surface area contributed by atoms with Gasteiger partial charge in [0.1, 0.15) is 11.6 Å². The van der Waals surface area contributed by atoms with Crippen LogP contribution in [0.4, 0.5) is 23.2 Å². The number of nitrogens with zero attached hydrogens (tertiary/aromatic N) is 5. The molecule has 0 aliphatic carbocycles. The van der Waals surface area contributed by atoms with Crippen molar-refractivity contribution in [2.45, 2.75) is 33.0 Å². The summed E-state index contributed by atoms with van der Waals surface area (Å²) in [6, 6.07) is 16.8. The van der Waals surface area contributed by atoms with E-state index >= 15 is 0 Å². The highest BCUT2D eigenvalue weighted by Crippen LogP contribution is 2.37. The third kappa shape index (κ3) is 7.22. The van der Waals surface area contributed by atoms with Gasteiger partial charge in [0.2, 0.25) is 5.91 Å². The number of alkyl halides is 3. The molecule has 1 atom stereocenters. The van der Waals surface area contributed by atoms with Crippen LogP contribution in [0.25, 0.3) is 16.6 Å². The number of benzene rings is 3. The van der Waals surface area contributed by atoms with Crippen molar-refractivity contribution in [3.8, 4) is 5.69 Å².